The van der Waals surface area contributed by atoms with Crippen molar-refractivity contribution < 1.29 is 14.3 Å². The van der Waals surface area contributed by atoms with E-state index in [4.69, 9.17) is 9.47 Å². The van der Waals surface area contributed by atoms with Gasteiger partial charge in [-0.3, -0.25) is 4.79 Å². The zero-order valence-corrected chi connectivity index (χ0v) is 25.8. The summed E-state index contributed by atoms with van der Waals surface area (Å²) < 4.78 is 10.6. The summed E-state index contributed by atoms with van der Waals surface area (Å²) in [7, 11) is 1.68. The second kappa shape index (κ2) is 31.8. The molecule has 0 unspecified atom stereocenters. The largest absolute Gasteiger partial charge is 0.382 e. The van der Waals surface area contributed by atoms with E-state index in [1.165, 1.54) is 154 Å². The number of hydrogen-bond acceptors (Lipinski definition) is 3. The Balaban J connectivity index is 3.89. The Bertz CT molecular complexity index is 409. The van der Waals surface area contributed by atoms with E-state index in [0.29, 0.717) is 19.0 Å². The highest BCUT2D eigenvalue weighted by Gasteiger charge is 2.17. The standard InChI is InChI=1S/C34H68O3/c1-4-6-8-10-12-14-16-18-20-22-24-26-28-33(34(35)32-37-31-30-36-3)29-27-25-23-21-19-17-15-13-11-9-7-5-2/h33H,4-32H2,1-3H3. The highest BCUT2D eigenvalue weighted by atomic mass is 16.5. The van der Waals surface area contributed by atoms with Crippen LogP contribution in [0.3, 0.4) is 0 Å². The minimum Gasteiger partial charge on any atom is -0.382 e. The van der Waals surface area contributed by atoms with Crippen LogP contribution in [0.25, 0.3) is 0 Å². The number of methoxy groups -OCH3 is 1. The average Bonchev–Trinajstić information content (AvgIpc) is 2.91. The molecule has 0 bridgehead atoms. The Morgan fingerprint density at radius 3 is 1.14 bits per heavy atom. The molecule has 3 heteroatoms. The van der Waals surface area contributed by atoms with E-state index < -0.39 is 0 Å². The first-order valence-electron chi connectivity index (χ1n) is 16.9. The van der Waals surface area contributed by atoms with E-state index in [-0.39, 0.29) is 12.5 Å². The maximum atomic E-state index is 12.8. The van der Waals surface area contributed by atoms with Crippen LogP contribution in [-0.2, 0) is 14.3 Å². The number of hydrogen-bond donors (Lipinski definition) is 0. The van der Waals surface area contributed by atoms with Crippen molar-refractivity contribution in [1.82, 2.24) is 0 Å². The van der Waals surface area contributed by atoms with Gasteiger partial charge >= 0.3 is 0 Å². The molecule has 0 aromatic carbocycles. The van der Waals surface area contributed by atoms with E-state index >= 15 is 0 Å². The molecule has 37 heavy (non-hydrogen) atoms. The van der Waals surface area contributed by atoms with Crippen LogP contribution < -0.4 is 0 Å². The summed E-state index contributed by atoms with van der Waals surface area (Å²) >= 11 is 0. The third-order valence-electron chi connectivity index (χ3n) is 7.94. The fraction of sp³-hybridized carbons (Fsp3) is 0.971. The van der Waals surface area contributed by atoms with Gasteiger partial charge in [-0.05, 0) is 12.8 Å². The summed E-state index contributed by atoms with van der Waals surface area (Å²) in [6.07, 6.45) is 35.0. The first-order valence-corrected chi connectivity index (χ1v) is 16.9. The molecule has 0 saturated heterocycles. The molecule has 0 aromatic heterocycles. The van der Waals surface area contributed by atoms with Crippen LogP contribution in [0.5, 0.6) is 0 Å². The molecule has 0 saturated carbocycles. The van der Waals surface area contributed by atoms with Gasteiger partial charge in [0.25, 0.3) is 0 Å². The van der Waals surface area contributed by atoms with Crippen molar-refractivity contribution in [2.45, 2.75) is 181 Å². The van der Waals surface area contributed by atoms with Crippen molar-refractivity contribution in [1.29, 1.82) is 0 Å². The topological polar surface area (TPSA) is 35.5 Å². The fourth-order valence-electron chi connectivity index (χ4n) is 5.36. The van der Waals surface area contributed by atoms with Crippen LogP contribution in [0.4, 0.5) is 0 Å². The lowest BCUT2D eigenvalue weighted by Gasteiger charge is -2.16. The predicted octanol–water partition coefficient (Wildman–Crippen LogP) is 11.0. The molecular weight excluding hydrogens is 456 g/mol. The summed E-state index contributed by atoms with van der Waals surface area (Å²) in [6, 6.07) is 0. The Labute approximate surface area is 233 Å². The van der Waals surface area contributed by atoms with Crippen LogP contribution in [0.15, 0.2) is 0 Å². The summed E-state index contributed by atoms with van der Waals surface area (Å²) in [5.74, 6) is 0.524. The van der Waals surface area contributed by atoms with E-state index in [2.05, 4.69) is 13.8 Å². The molecule has 3 nitrogen and oxygen atoms in total. The van der Waals surface area contributed by atoms with Gasteiger partial charge in [0.05, 0.1) is 13.2 Å². The van der Waals surface area contributed by atoms with Crippen molar-refractivity contribution in [3.63, 3.8) is 0 Å². The Morgan fingerprint density at radius 2 is 0.811 bits per heavy atom. The van der Waals surface area contributed by atoms with Crippen molar-refractivity contribution in [2.24, 2.45) is 5.92 Å². The van der Waals surface area contributed by atoms with Crippen LogP contribution in [0.1, 0.15) is 181 Å². The fourth-order valence-corrected chi connectivity index (χ4v) is 5.36. The van der Waals surface area contributed by atoms with Gasteiger partial charge in [0, 0.05) is 13.0 Å². The van der Waals surface area contributed by atoms with E-state index in [0.717, 1.165) is 12.8 Å². The normalized spacial score (nSPS) is 11.6. The SMILES string of the molecule is CCCCCCCCCCCCCCC(CCCCCCCCCCCCCC)C(=O)COCCOC. The number of carbonyl (C=O) groups is 1. The molecule has 0 radical (unpaired) electrons. The molecule has 0 aliphatic carbocycles. The molecule has 0 fully saturated rings. The van der Waals surface area contributed by atoms with Gasteiger partial charge in [0.2, 0.25) is 0 Å². The predicted molar refractivity (Wildman–Crippen MR) is 163 cm³/mol. The van der Waals surface area contributed by atoms with E-state index in [1.807, 2.05) is 0 Å². The molecule has 0 atom stereocenters. The molecule has 0 aromatic rings. The molecule has 0 heterocycles. The molecule has 0 N–H and O–H groups in total. The molecule has 0 amide bonds. The van der Waals surface area contributed by atoms with Crippen LogP contribution >= 0.6 is 0 Å². The van der Waals surface area contributed by atoms with Crippen molar-refractivity contribution >= 4 is 5.78 Å². The first-order chi connectivity index (χ1) is 18.3. The van der Waals surface area contributed by atoms with Gasteiger partial charge in [-0.1, -0.05) is 168 Å². The lowest BCUT2D eigenvalue weighted by Crippen LogP contribution is -2.21. The zero-order chi connectivity index (χ0) is 27.1. The molecule has 0 rings (SSSR count). The molecule has 222 valence electrons. The maximum Gasteiger partial charge on any atom is 0.161 e. The highest BCUT2D eigenvalue weighted by molar-refractivity contribution is 5.82. The average molecular weight is 525 g/mol. The highest BCUT2D eigenvalue weighted by Crippen LogP contribution is 2.21. The quantitative estimate of drug-likeness (QED) is 0.0821. The maximum absolute atomic E-state index is 12.8. The van der Waals surface area contributed by atoms with Crippen molar-refractivity contribution in [3.05, 3.63) is 0 Å². The van der Waals surface area contributed by atoms with Gasteiger partial charge in [-0.25, -0.2) is 0 Å². The number of unbranched alkanes of at least 4 members (excludes halogenated alkanes) is 22. The number of ether oxygens (including phenoxy) is 2. The number of ketones is 1. The van der Waals surface area contributed by atoms with Gasteiger partial charge < -0.3 is 9.47 Å². The zero-order valence-electron chi connectivity index (χ0n) is 25.8. The van der Waals surface area contributed by atoms with E-state index in [1.54, 1.807) is 7.11 Å². The molecule has 0 aliphatic rings. The number of carbonyl (C=O) groups excluding carboxylic acids is 1. The monoisotopic (exact) mass is 525 g/mol. The summed E-state index contributed by atoms with van der Waals surface area (Å²) in [5.41, 5.74) is 0. The van der Waals surface area contributed by atoms with Gasteiger partial charge in [-0.2, -0.15) is 0 Å². The lowest BCUT2D eigenvalue weighted by atomic mass is 9.90. The summed E-state index contributed by atoms with van der Waals surface area (Å²) in [4.78, 5) is 12.8. The minimum atomic E-state index is 0.203. The summed E-state index contributed by atoms with van der Waals surface area (Å²) in [6.45, 7) is 5.93. The summed E-state index contributed by atoms with van der Waals surface area (Å²) in [5, 5.41) is 0. The van der Waals surface area contributed by atoms with Gasteiger partial charge in [0.15, 0.2) is 5.78 Å². The Hall–Kier alpha value is -0.410. The second-order valence-electron chi connectivity index (χ2n) is 11.6. The Morgan fingerprint density at radius 1 is 0.486 bits per heavy atom. The third-order valence-corrected chi connectivity index (χ3v) is 7.94. The lowest BCUT2D eigenvalue weighted by molar-refractivity contribution is -0.128. The van der Waals surface area contributed by atoms with Gasteiger partial charge in [0.1, 0.15) is 6.61 Å². The molecule has 0 aliphatic heterocycles. The number of rotatable bonds is 32. The molecular formula is C34H68O3. The van der Waals surface area contributed by atoms with Crippen LogP contribution in [0, 0.1) is 5.92 Å². The first kappa shape index (κ1) is 36.6. The van der Waals surface area contributed by atoms with Crippen LogP contribution in [-0.4, -0.2) is 32.7 Å². The minimum absolute atomic E-state index is 0.203. The molecule has 0 spiro atoms. The number of Topliss-reactive ketones (excluding diaryl/α,β-unsaturated/α-hetero) is 1. The van der Waals surface area contributed by atoms with E-state index in [9.17, 15) is 4.79 Å². The Kier molecular flexibility index (Phi) is 31.5. The van der Waals surface area contributed by atoms with Crippen molar-refractivity contribution in [3.8, 4) is 0 Å². The second-order valence-corrected chi connectivity index (χ2v) is 11.6. The van der Waals surface area contributed by atoms with Crippen LogP contribution in [0.2, 0.25) is 0 Å². The third kappa shape index (κ3) is 28.4. The smallest absolute Gasteiger partial charge is 0.161 e. The van der Waals surface area contributed by atoms with Gasteiger partial charge in [-0.15, -0.1) is 0 Å². The van der Waals surface area contributed by atoms with Crippen molar-refractivity contribution in [2.75, 3.05) is 26.9 Å².